The Kier molecular flexibility index (Phi) is 6.72. The molecule has 1 aromatic carbocycles. The minimum atomic E-state index is -0.424. The van der Waals surface area contributed by atoms with Gasteiger partial charge in [-0.25, -0.2) is 9.78 Å². The van der Waals surface area contributed by atoms with E-state index in [1.54, 1.807) is 30.2 Å². The average Bonchev–Trinajstić information content (AvgIpc) is 3.12. The second-order valence-electron chi connectivity index (χ2n) is 8.70. The maximum Gasteiger partial charge on any atom is 0.337 e. The third-order valence-corrected chi connectivity index (χ3v) is 6.67. The van der Waals surface area contributed by atoms with Gasteiger partial charge in [-0.3, -0.25) is 4.79 Å². The van der Waals surface area contributed by atoms with Crippen molar-refractivity contribution in [2.75, 3.05) is 36.4 Å². The van der Waals surface area contributed by atoms with Crippen molar-refractivity contribution in [1.29, 1.82) is 0 Å². The lowest BCUT2D eigenvalue weighted by Gasteiger charge is -2.43. The number of hydrogen-bond acceptors (Lipinski definition) is 7. The van der Waals surface area contributed by atoms with Crippen LogP contribution in [0.1, 0.15) is 55.8 Å². The Morgan fingerprint density at radius 2 is 1.82 bits per heavy atom. The standard InChI is InChI=1S/C25H32N4O4/c1-16-24(30)28(2)20-13-14-22(27-23(20)29(16)18-9-7-5-6-8-10-18)26-19-12-11-17(25(31)33-4)15-21(19)32-3/h11-16,18H,5-10H2,1-4H3,(H,26,27)/t16-/m1/s1. The van der Waals surface area contributed by atoms with Gasteiger partial charge in [0.05, 0.1) is 31.2 Å². The number of nitrogens with zero attached hydrogens (tertiary/aromatic N) is 3. The van der Waals surface area contributed by atoms with E-state index < -0.39 is 5.97 Å². The van der Waals surface area contributed by atoms with Crippen LogP contribution < -0.4 is 19.9 Å². The minimum Gasteiger partial charge on any atom is -0.495 e. The van der Waals surface area contributed by atoms with Gasteiger partial charge in [0.2, 0.25) is 5.91 Å². The fraction of sp³-hybridized carbons (Fsp3) is 0.480. The number of esters is 1. The Hall–Kier alpha value is -3.29. The molecular weight excluding hydrogens is 420 g/mol. The van der Waals surface area contributed by atoms with Crippen molar-refractivity contribution in [2.24, 2.45) is 0 Å². The Morgan fingerprint density at radius 1 is 1.09 bits per heavy atom. The van der Waals surface area contributed by atoms with Crippen LogP contribution >= 0.6 is 0 Å². The predicted molar refractivity (Wildman–Crippen MR) is 129 cm³/mol. The lowest BCUT2D eigenvalue weighted by atomic mass is 10.0. The number of pyridine rings is 1. The molecule has 176 valence electrons. The van der Waals surface area contributed by atoms with E-state index >= 15 is 0 Å². The number of likely N-dealkylation sites (N-methyl/N-ethyl adjacent to an activating group) is 1. The number of fused-ring (bicyclic) bond motifs is 1. The Labute approximate surface area is 194 Å². The molecule has 0 unspecified atom stereocenters. The molecule has 2 heterocycles. The molecule has 1 fully saturated rings. The zero-order chi connectivity index (χ0) is 23.5. The summed E-state index contributed by atoms with van der Waals surface area (Å²) in [6.45, 7) is 1.98. The number of ether oxygens (including phenoxy) is 2. The molecule has 0 saturated heterocycles. The van der Waals surface area contributed by atoms with Crippen LogP contribution in [-0.4, -0.2) is 50.2 Å². The highest BCUT2D eigenvalue weighted by molar-refractivity contribution is 6.04. The van der Waals surface area contributed by atoms with Gasteiger partial charge in [-0.2, -0.15) is 0 Å². The topological polar surface area (TPSA) is 84.0 Å². The Bertz CT molecular complexity index is 1030. The smallest absolute Gasteiger partial charge is 0.337 e. The van der Waals surface area contributed by atoms with Gasteiger partial charge in [-0.05, 0) is 50.1 Å². The van der Waals surface area contributed by atoms with Crippen molar-refractivity contribution in [2.45, 2.75) is 57.5 Å². The van der Waals surface area contributed by atoms with Gasteiger partial charge in [-0.1, -0.05) is 25.7 Å². The molecule has 0 bridgehead atoms. The average molecular weight is 453 g/mol. The van der Waals surface area contributed by atoms with E-state index in [-0.39, 0.29) is 11.9 Å². The minimum absolute atomic E-state index is 0.0920. The summed E-state index contributed by atoms with van der Waals surface area (Å²) >= 11 is 0. The monoisotopic (exact) mass is 452 g/mol. The van der Waals surface area contributed by atoms with Crippen molar-refractivity contribution in [3.05, 3.63) is 35.9 Å². The molecule has 1 atom stereocenters. The summed E-state index contributed by atoms with van der Waals surface area (Å²) in [5, 5.41) is 3.32. The van der Waals surface area contributed by atoms with Crippen LogP contribution in [-0.2, 0) is 9.53 Å². The van der Waals surface area contributed by atoms with Crippen molar-refractivity contribution in [3.63, 3.8) is 0 Å². The molecule has 33 heavy (non-hydrogen) atoms. The van der Waals surface area contributed by atoms with E-state index in [4.69, 9.17) is 14.5 Å². The largest absolute Gasteiger partial charge is 0.495 e. The van der Waals surface area contributed by atoms with Crippen LogP contribution in [0.5, 0.6) is 5.75 Å². The number of nitrogens with one attached hydrogen (secondary N) is 1. The maximum atomic E-state index is 13.0. The zero-order valence-electron chi connectivity index (χ0n) is 19.8. The normalized spacial score (nSPS) is 19.0. The van der Waals surface area contributed by atoms with E-state index in [0.717, 1.165) is 24.3 Å². The first-order valence-corrected chi connectivity index (χ1v) is 11.5. The van der Waals surface area contributed by atoms with Crippen LogP contribution in [0.25, 0.3) is 0 Å². The van der Waals surface area contributed by atoms with Gasteiger partial charge in [0.25, 0.3) is 0 Å². The van der Waals surface area contributed by atoms with Crippen molar-refractivity contribution < 1.29 is 19.1 Å². The first-order chi connectivity index (χ1) is 15.9. The van der Waals surface area contributed by atoms with Crippen LogP contribution in [0.2, 0.25) is 0 Å². The van der Waals surface area contributed by atoms with Gasteiger partial charge in [-0.15, -0.1) is 0 Å². The Balaban J connectivity index is 1.69. The summed E-state index contributed by atoms with van der Waals surface area (Å²) in [5.41, 5.74) is 1.92. The van der Waals surface area contributed by atoms with E-state index in [0.29, 0.717) is 28.9 Å². The predicted octanol–water partition coefficient (Wildman–Crippen LogP) is 4.51. The molecule has 2 aromatic rings. The molecule has 2 aliphatic rings. The molecule has 1 amide bonds. The quantitative estimate of drug-likeness (QED) is 0.528. The summed E-state index contributed by atoms with van der Waals surface area (Å²) in [6.07, 6.45) is 6.99. The number of carbonyl (C=O) groups excluding carboxylic acids is 2. The number of aromatic nitrogens is 1. The van der Waals surface area contributed by atoms with Crippen molar-refractivity contribution >= 4 is 34.9 Å². The fourth-order valence-electron chi connectivity index (χ4n) is 4.87. The molecule has 0 spiro atoms. The van der Waals surface area contributed by atoms with E-state index in [1.807, 2.05) is 26.1 Å². The molecular formula is C25H32N4O4. The van der Waals surface area contributed by atoms with Gasteiger partial charge in [0.15, 0.2) is 5.82 Å². The van der Waals surface area contributed by atoms with Gasteiger partial charge < -0.3 is 24.6 Å². The van der Waals surface area contributed by atoms with Crippen LogP contribution in [0.3, 0.4) is 0 Å². The number of methoxy groups -OCH3 is 2. The summed E-state index contributed by atoms with van der Waals surface area (Å²) in [6, 6.07) is 8.93. The molecule has 0 radical (unpaired) electrons. The number of amides is 1. The lowest BCUT2D eigenvalue weighted by molar-refractivity contribution is -0.119. The van der Waals surface area contributed by atoms with Gasteiger partial charge in [0, 0.05) is 13.1 Å². The van der Waals surface area contributed by atoms with Crippen LogP contribution in [0.4, 0.5) is 23.0 Å². The molecule has 8 nitrogen and oxygen atoms in total. The third-order valence-electron chi connectivity index (χ3n) is 6.67. The molecule has 4 rings (SSSR count). The van der Waals surface area contributed by atoms with E-state index in [1.165, 1.54) is 32.8 Å². The highest BCUT2D eigenvalue weighted by Crippen LogP contribution is 2.39. The number of hydrogen-bond donors (Lipinski definition) is 1. The Morgan fingerprint density at radius 3 is 2.48 bits per heavy atom. The second-order valence-corrected chi connectivity index (χ2v) is 8.70. The first-order valence-electron chi connectivity index (χ1n) is 11.5. The maximum absolute atomic E-state index is 13.0. The molecule has 8 heteroatoms. The molecule has 1 aromatic heterocycles. The molecule has 1 aliphatic heterocycles. The van der Waals surface area contributed by atoms with E-state index in [9.17, 15) is 9.59 Å². The molecule has 1 saturated carbocycles. The fourth-order valence-corrected chi connectivity index (χ4v) is 4.87. The molecule has 1 N–H and O–H groups in total. The second kappa shape index (κ2) is 9.68. The summed E-state index contributed by atoms with van der Waals surface area (Å²) in [5.74, 6) is 1.65. The summed E-state index contributed by atoms with van der Waals surface area (Å²) in [4.78, 5) is 33.7. The number of anilines is 4. The van der Waals surface area contributed by atoms with Crippen molar-refractivity contribution in [1.82, 2.24) is 4.98 Å². The SMILES string of the molecule is COC(=O)c1ccc(Nc2ccc3c(n2)N(C2CCCCCC2)[C@H](C)C(=O)N3C)c(OC)c1. The summed E-state index contributed by atoms with van der Waals surface area (Å²) in [7, 11) is 4.71. The van der Waals surface area contributed by atoms with Gasteiger partial charge >= 0.3 is 5.97 Å². The van der Waals surface area contributed by atoms with Crippen molar-refractivity contribution in [3.8, 4) is 5.75 Å². The van der Waals surface area contributed by atoms with Gasteiger partial charge in [0.1, 0.15) is 17.6 Å². The number of benzene rings is 1. The van der Waals surface area contributed by atoms with E-state index in [2.05, 4.69) is 10.2 Å². The highest BCUT2D eigenvalue weighted by Gasteiger charge is 2.38. The lowest BCUT2D eigenvalue weighted by Crippen LogP contribution is -2.55. The molecule has 1 aliphatic carbocycles. The third kappa shape index (κ3) is 4.47. The number of rotatable bonds is 5. The van der Waals surface area contributed by atoms with Crippen LogP contribution in [0.15, 0.2) is 30.3 Å². The highest BCUT2D eigenvalue weighted by atomic mass is 16.5. The first kappa shape index (κ1) is 22.9. The zero-order valence-corrected chi connectivity index (χ0v) is 19.8. The van der Waals surface area contributed by atoms with Crippen LogP contribution in [0, 0.1) is 0 Å². The summed E-state index contributed by atoms with van der Waals surface area (Å²) < 4.78 is 10.3. The number of carbonyl (C=O) groups is 2.